The first-order valence-electron chi connectivity index (χ1n) is 18.3. The van der Waals surface area contributed by atoms with E-state index in [2.05, 4.69) is 31.7 Å². The third-order valence-electron chi connectivity index (χ3n) is 9.30. The molecule has 0 spiro atoms. The van der Waals surface area contributed by atoms with Crippen LogP contribution in [0.1, 0.15) is 0 Å². The quantitative estimate of drug-likeness (QED) is 0.0542. The Balaban J connectivity index is 1.87. The average Bonchev–Trinajstić information content (AvgIpc) is 3.41. The Bertz CT molecular complexity index is 3170. The fraction of sp³-hybridized carbons (Fsp3) is 0. The summed E-state index contributed by atoms with van der Waals surface area (Å²) in [4.78, 5) is 0.841. The monoisotopic (exact) mass is 1230 g/mol. The topological polar surface area (TPSA) is 91.8 Å². The number of hydrogen-bond donors (Lipinski definition) is 2. The first kappa shape index (κ1) is 58.6. The zero-order chi connectivity index (χ0) is 58.8. The molecule has 78 heavy (non-hydrogen) atoms. The van der Waals surface area contributed by atoms with Crippen LogP contribution in [0.15, 0.2) is 4.52 Å². The molecule has 0 fully saturated rings. The minimum atomic E-state index is -10.1. The van der Waals surface area contributed by atoms with Gasteiger partial charge in [-0.25, -0.2) is 0 Å². The summed E-state index contributed by atoms with van der Waals surface area (Å²) in [7, 11) is -23.0. The van der Waals surface area contributed by atoms with Crippen LogP contribution in [0, 0.1) is 175 Å². The molecule has 1 heterocycles. The van der Waals surface area contributed by atoms with Gasteiger partial charge in [0, 0.05) is 0 Å². The van der Waals surface area contributed by atoms with Gasteiger partial charge in [-0.1, -0.05) is 0 Å². The van der Waals surface area contributed by atoms with Crippen molar-refractivity contribution in [1.82, 2.24) is 9.72 Å². The van der Waals surface area contributed by atoms with Gasteiger partial charge in [-0.3, -0.25) is 0 Å². The molecule has 0 amide bonds. The van der Waals surface area contributed by atoms with E-state index in [0.717, 1.165) is 0 Å². The van der Waals surface area contributed by atoms with E-state index in [1.54, 1.807) is 0 Å². The summed E-state index contributed by atoms with van der Waals surface area (Å²) in [5.41, 5.74) is 0. The molecule has 42 heteroatoms. The molecule has 2 N–H and O–H groups in total. The van der Waals surface area contributed by atoms with Crippen LogP contribution in [0.3, 0.4) is 0 Å². The van der Waals surface area contributed by atoms with Gasteiger partial charge in [0.1, 0.15) is 0 Å². The van der Waals surface area contributed by atoms with Crippen molar-refractivity contribution in [2.24, 2.45) is 4.52 Å². The normalized spacial score (nSPS) is 16.4. The summed E-state index contributed by atoms with van der Waals surface area (Å²) >= 11 is 0. The van der Waals surface area contributed by atoms with E-state index < -0.39 is 233 Å². The first-order chi connectivity index (χ1) is 35.9. The predicted octanol–water partition coefficient (Wildman–Crippen LogP) is 15.1. The molecular weight excluding hydrogens is 1230 g/mol. The van der Waals surface area contributed by atoms with E-state index in [1.807, 2.05) is 0 Å². The summed E-state index contributed by atoms with van der Waals surface area (Å²) in [6.45, 7) is 0. The zero-order valence-corrected chi connectivity index (χ0v) is 37.3. The van der Waals surface area contributed by atoms with Gasteiger partial charge >= 0.3 is 406 Å². The van der Waals surface area contributed by atoms with Crippen molar-refractivity contribution in [2.75, 3.05) is 0 Å². The van der Waals surface area contributed by atoms with Gasteiger partial charge in [-0.15, -0.1) is 0 Å². The Labute approximate surface area is 405 Å². The Hall–Kier alpha value is -7.10. The molecule has 1 aliphatic rings. The van der Waals surface area contributed by atoms with Crippen LogP contribution in [-0.4, -0.2) is 0 Å². The molecule has 0 unspecified atom stereocenters. The van der Waals surface area contributed by atoms with Gasteiger partial charge in [-0.2, -0.15) is 0 Å². The molecule has 7 rings (SSSR count). The molecular formula is C36H2F30N3O6P3. The molecule has 0 saturated carbocycles. The van der Waals surface area contributed by atoms with Gasteiger partial charge < -0.3 is 0 Å². The van der Waals surface area contributed by atoms with Crippen LogP contribution in [0.5, 0.6) is 34.5 Å². The average molecular weight is 1240 g/mol. The number of benzene rings is 6. The summed E-state index contributed by atoms with van der Waals surface area (Å²) in [6, 6.07) is 0. The predicted molar refractivity (Wildman–Crippen MR) is 191 cm³/mol. The summed E-state index contributed by atoms with van der Waals surface area (Å²) in [5.74, 6) is -132. The molecule has 0 bridgehead atoms. The fourth-order valence-corrected chi connectivity index (χ4v) is 16.0. The van der Waals surface area contributed by atoms with Crippen LogP contribution in [0.4, 0.5) is 132 Å². The van der Waals surface area contributed by atoms with E-state index >= 15 is 105 Å². The van der Waals surface area contributed by atoms with E-state index in [9.17, 15) is 26.3 Å². The van der Waals surface area contributed by atoms with Gasteiger partial charge in [0.2, 0.25) is 0 Å². The molecule has 1 aliphatic heterocycles. The number of nitrogens with zero attached hydrogens (tertiary/aromatic N) is 1. The Morgan fingerprint density at radius 2 is 0.359 bits per heavy atom. The summed E-state index contributed by atoms with van der Waals surface area (Å²) < 4.78 is 486. The number of nitrogens with one attached hydrogen (secondary N) is 2. The van der Waals surface area contributed by atoms with Crippen LogP contribution in [-0.2, 0) is 0 Å². The van der Waals surface area contributed by atoms with Crippen molar-refractivity contribution in [2.45, 2.75) is 0 Å². The molecule has 0 saturated heterocycles. The van der Waals surface area contributed by atoms with Gasteiger partial charge in [-0.05, 0) is 0 Å². The molecule has 422 valence electrons. The molecule has 0 atom stereocenters. The molecule has 0 aliphatic carbocycles. The van der Waals surface area contributed by atoms with E-state index in [-0.39, 0.29) is 4.86 Å². The third kappa shape index (κ3) is 8.72. The van der Waals surface area contributed by atoms with Crippen molar-refractivity contribution < 1.29 is 159 Å². The third-order valence-corrected chi connectivity index (χ3v) is 18.4. The second-order valence-corrected chi connectivity index (χ2v) is 21.1. The van der Waals surface area contributed by atoms with Gasteiger partial charge in [0.15, 0.2) is 0 Å². The first-order valence-corrected chi connectivity index (χ1v) is 23.1. The van der Waals surface area contributed by atoms with E-state index in [4.69, 9.17) is 0 Å². The summed E-state index contributed by atoms with van der Waals surface area (Å²) in [6.07, 6.45) is 0. The minimum absolute atomic E-state index is 0.158. The SMILES string of the molecule is Fc1c(F)c(F)c(OP2(Oc3c(F)c(F)c(F)c(F)c3F)(Oc3c(F)c(F)c(F)c(F)c3F)N=PNP(Oc3c(F)c(F)c(F)c(F)c3F)(Oc3c(F)c(F)c(F)c(F)c3F)(Oc3c(F)c(F)c(F)c(F)c3F)N2)c(F)c1F. The summed E-state index contributed by atoms with van der Waals surface area (Å²) in [5, 5.41) is 0. The fourth-order valence-electron chi connectivity index (χ4n) is 5.83. The second kappa shape index (κ2) is 19.4. The second-order valence-electron chi connectivity index (χ2n) is 14.1. The van der Waals surface area contributed by atoms with E-state index in [0.29, 0.717) is 4.86 Å². The van der Waals surface area contributed by atoms with Crippen molar-refractivity contribution in [3.8, 4) is 34.5 Å². The molecule has 6 aromatic carbocycles. The van der Waals surface area contributed by atoms with Crippen LogP contribution in [0.2, 0.25) is 0 Å². The van der Waals surface area contributed by atoms with E-state index in [1.165, 1.54) is 0 Å². The van der Waals surface area contributed by atoms with Crippen LogP contribution in [0.25, 0.3) is 0 Å². The van der Waals surface area contributed by atoms with Crippen LogP contribution < -0.4 is 36.9 Å². The standard InChI is InChI=1S/C36H2F30N3O6P3/c37-1-7(43)19(55)31(20(56)8(1)44)70-77(71-32-21(57)9(45)2(38)10(46)22(32)58,72-33-23(59)11(47)3(39)12(48)24(33)60)67-76-68-78(69-77,73-34-25(61)13(49)4(40)14(50)26(34)62,74-35-27(63)15(51)5(41)16(52)28(35)64)75-36-29(65)17(53)6(42)18(54)30(36)66/h69H,(H,67,68). The molecule has 0 radical (unpaired) electrons. The molecule has 9 nitrogen and oxygen atoms in total. The number of rotatable bonds is 12. The van der Waals surface area contributed by atoms with Crippen LogP contribution >= 0.6 is 23.7 Å². The van der Waals surface area contributed by atoms with Gasteiger partial charge in [0.05, 0.1) is 0 Å². The van der Waals surface area contributed by atoms with Crippen molar-refractivity contribution in [3.05, 3.63) is 175 Å². The van der Waals surface area contributed by atoms with Gasteiger partial charge in [0.25, 0.3) is 0 Å². The Morgan fingerprint density at radius 3 is 0.526 bits per heavy atom. The van der Waals surface area contributed by atoms with Crippen molar-refractivity contribution in [3.63, 3.8) is 0 Å². The number of hydrogen-bond acceptors (Lipinski definition) is 9. The molecule has 0 aromatic heterocycles. The van der Waals surface area contributed by atoms with Crippen molar-refractivity contribution in [1.29, 1.82) is 0 Å². The van der Waals surface area contributed by atoms with Crippen molar-refractivity contribution >= 4 is 23.7 Å². The zero-order valence-electron chi connectivity index (χ0n) is 34.6. The maximum atomic E-state index is 15.9. The Kier molecular flexibility index (Phi) is 14.5. The molecule has 6 aromatic rings. The maximum absolute atomic E-state index is 15.9. The Morgan fingerprint density at radius 1 is 0.218 bits per heavy atom. The number of halogens is 30.